The van der Waals surface area contributed by atoms with Crippen LogP contribution in [0, 0.1) is 25.2 Å². The molecule has 0 heterocycles. The van der Waals surface area contributed by atoms with Gasteiger partial charge in [-0.25, -0.2) is 0 Å². The molecule has 1 nitrogen and oxygen atoms in total. The highest BCUT2D eigenvalue weighted by atomic mass is 14.2. The quantitative estimate of drug-likeness (QED) is 0.573. The van der Waals surface area contributed by atoms with Crippen molar-refractivity contribution >= 4 is 0 Å². The minimum atomic E-state index is 0.778. The molecule has 0 amide bonds. The Kier molecular flexibility index (Phi) is 4.79. The second-order valence-corrected chi connectivity index (χ2v) is 2.36. The second kappa shape index (κ2) is 5.37. The molecule has 1 aromatic carbocycles. The molecule has 0 saturated carbocycles. The lowest BCUT2D eigenvalue weighted by atomic mass is 10.1. The van der Waals surface area contributed by atoms with Crippen molar-refractivity contribution in [3.8, 4) is 6.07 Å². The molecule has 0 spiro atoms. The summed E-state index contributed by atoms with van der Waals surface area (Å²) in [5.74, 6) is 0. The number of hydrogen-bond donors (Lipinski definition) is 0. The van der Waals surface area contributed by atoms with Crippen LogP contribution in [-0.4, -0.2) is 0 Å². The van der Waals surface area contributed by atoms with Gasteiger partial charge in [-0.05, 0) is 31.0 Å². The first-order chi connectivity index (χ1) is 5.75. The lowest BCUT2D eigenvalue weighted by molar-refractivity contribution is 1.31. The van der Waals surface area contributed by atoms with Crippen LogP contribution in [-0.2, 0) is 0 Å². The predicted octanol–water partition coefficient (Wildman–Crippen LogP) is 3.20. The maximum absolute atomic E-state index is 8.59. The Morgan fingerprint density at radius 3 is 2.17 bits per heavy atom. The SMILES string of the molecule is CC.Cc1cccc(C#N)c1C. The van der Waals surface area contributed by atoms with Crippen molar-refractivity contribution in [2.45, 2.75) is 27.7 Å². The van der Waals surface area contributed by atoms with E-state index >= 15 is 0 Å². The summed E-state index contributed by atoms with van der Waals surface area (Å²) in [6.45, 7) is 7.98. The molecule has 0 saturated heterocycles. The van der Waals surface area contributed by atoms with Gasteiger partial charge in [0.25, 0.3) is 0 Å². The van der Waals surface area contributed by atoms with E-state index < -0.39 is 0 Å². The molecule has 0 N–H and O–H groups in total. The molecular formula is C11H15N. The Bertz CT molecular complexity index is 282. The normalized spacial score (nSPS) is 7.92. The Labute approximate surface area is 74.7 Å². The van der Waals surface area contributed by atoms with Crippen LogP contribution in [0.15, 0.2) is 18.2 Å². The first-order valence-electron chi connectivity index (χ1n) is 4.22. The zero-order chi connectivity index (χ0) is 9.56. The van der Waals surface area contributed by atoms with Crippen LogP contribution >= 0.6 is 0 Å². The van der Waals surface area contributed by atoms with E-state index in [-0.39, 0.29) is 0 Å². The van der Waals surface area contributed by atoms with Crippen molar-refractivity contribution in [1.82, 2.24) is 0 Å². The van der Waals surface area contributed by atoms with Crippen LogP contribution in [0.3, 0.4) is 0 Å². The molecule has 0 aliphatic heterocycles. The van der Waals surface area contributed by atoms with Crippen molar-refractivity contribution in [3.63, 3.8) is 0 Å². The van der Waals surface area contributed by atoms with Crippen LogP contribution in [0.4, 0.5) is 0 Å². The number of hydrogen-bond acceptors (Lipinski definition) is 1. The molecule has 0 aliphatic rings. The number of benzene rings is 1. The maximum Gasteiger partial charge on any atom is 0.0994 e. The van der Waals surface area contributed by atoms with E-state index in [1.807, 2.05) is 45.9 Å². The van der Waals surface area contributed by atoms with E-state index in [0.29, 0.717) is 0 Å². The smallest absolute Gasteiger partial charge is 0.0994 e. The fourth-order valence-corrected chi connectivity index (χ4v) is 0.872. The van der Waals surface area contributed by atoms with Crippen molar-refractivity contribution in [1.29, 1.82) is 5.26 Å². The van der Waals surface area contributed by atoms with E-state index in [0.717, 1.165) is 11.1 Å². The van der Waals surface area contributed by atoms with Gasteiger partial charge in [0.2, 0.25) is 0 Å². The number of rotatable bonds is 0. The van der Waals surface area contributed by atoms with Gasteiger partial charge in [-0.2, -0.15) is 5.26 Å². The lowest BCUT2D eigenvalue weighted by Crippen LogP contribution is -1.84. The van der Waals surface area contributed by atoms with Gasteiger partial charge in [0.1, 0.15) is 0 Å². The van der Waals surface area contributed by atoms with Gasteiger partial charge in [0.05, 0.1) is 11.6 Å². The highest BCUT2D eigenvalue weighted by molar-refractivity contribution is 5.40. The zero-order valence-electron chi connectivity index (χ0n) is 8.18. The molecule has 0 fully saturated rings. The van der Waals surface area contributed by atoms with Crippen LogP contribution in [0.25, 0.3) is 0 Å². The van der Waals surface area contributed by atoms with Crippen LogP contribution < -0.4 is 0 Å². The third-order valence-corrected chi connectivity index (χ3v) is 1.73. The lowest BCUT2D eigenvalue weighted by Gasteiger charge is -1.98. The Morgan fingerprint density at radius 1 is 1.17 bits per heavy atom. The Morgan fingerprint density at radius 2 is 1.75 bits per heavy atom. The summed E-state index contributed by atoms with van der Waals surface area (Å²) in [4.78, 5) is 0. The van der Waals surface area contributed by atoms with Crippen molar-refractivity contribution in [2.75, 3.05) is 0 Å². The average molecular weight is 161 g/mol. The molecule has 0 aliphatic carbocycles. The second-order valence-electron chi connectivity index (χ2n) is 2.36. The highest BCUT2D eigenvalue weighted by Crippen LogP contribution is 2.10. The molecule has 0 bridgehead atoms. The van der Waals surface area contributed by atoms with Gasteiger partial charge in [0, 0.05) is 0 Å². The van der Waals surface area contributed by atoms with Crippen LogP contribution in [0.2, 0.25) is 0 Å². The van der Waals surface area contributed by atoms with E-state index in [1.54, 1.807) is 0 Å². The molecule has 12 heavy (non-hydrogen) atoms. The summed E-state index contributed by atoms with van der Waals surface area (Å²) in [5.41, 5.74) is 3.05. The van der Waals surface area contributed by atoms with Crippen molar-refractivity contribution < 1.29 is 0 Å². The first-order valence-corrected chi connectivity index (χ1v) is 4.22. The topological polar surface area (TPSA) is 23.8 Å². The molecule has 0 unspecified atom stereocenters. The Hall–Kier alpha value is -1.29. The van der Waals surface area contributed by atoms with E-state index in [1.165, 1.54) is 5.56 Å². The van der Waals surface area contributed by atoms with Crippen LogP contribution in [0.1, 0.15) is 30.5 Å². The minimum Gasteiger partial charge on any atom is -0.192 e. The third-order valence-electron chi connectivity index (χ3n) is 1.73. The molecule has 0 aromatic heterocycles. The molecule has 1 aromatic rings. The number of nitriles is 1. The van der Waals surface area contributed by atoms with Crippen molar-refractivity contribution in [3.05, 3.63) is 34.9 Å². The van der Waals surface area contributed by atoms with Crippen molar-refractivity contribution in [2.24, 2.45) is 0 Å². The average Bonchev–Trinajstić information content (AvgIpc) is 2.13. The molecule has 1 rings (SSSR count). The fraction of sp³-hybridized carbons (Fsp3) is 0.364. The van der Waals surface area contributed by atoms with E-state index in [4.69, 9.17) is 5.26 Å². The van der Waals surface area contributed by atoms with Gasteiger partial charge < -0.3 is 0 Å². The predicted molar refractivity (Wildman–Crippen MR) is 52.0 cm³/mol. The molecule has 1 heteroatoms. The van der Waals surface area contributed by atoms with Gasteiger partial charge in [0.15, 0.2) is 0 Å². The van der Waals surface area contributed by atoms with Gasteiger partial charge in [-0.15, -0.1) is 0 Å². The molecule has 64 valence electrons. The number of aryl methyl sites for hydroxylation is 1. The fourth-order valence-electron chi connectivity index (χ4n) is 0.872. The van der Waals surface area contributed by atoms with Gasteiger partial charge in [-0.1, -0.05) is 26.0 Å². The maximum atomic E-state index is 8.59. The zero-order valence-corrected chi connectivity index (χ0v) is 8.18. The minimum absolute atomic E-state index is 0.778. The van der Waals surface area contributed by atoms with E-state index in [2.05, 4.69) is 6.07 Å². The Balaban J connectivity index is 0.000000561. The molecular weight excluding hydrogens is 146 g/mol. The monoisotopic (exact) mass is 161 g/mol. The summed E-state index contributed by atoms with van der Waals surface area (Å²) in [6, 6.07) is 7.89. The number of nitrogens with zero attached hydrogens (tertiary/aromatic N) is 1. The summed E-state index contributed by atoms with van der Waals surface area (Å²) < 4.78 is 0. The summed E-state index contributed by atoms with van der Waals surface area (Å²) in [6.07, 6.45) is 0. The van der Waals surface area contributed by atoms with E-state index in [9.17, 15) is 0 Å². The van der Waals surface area contributed by atoms with Gasteiger partial charge >= 0.3 is 0 Å². The first kappa shape index (κ1) is 10.7. The molecule has 0 radical (unpaired) electrons. The third kappa shape index (κ3) is 2.39. The largest absolute Gasteiger partial charge is 0.192 e. The summed E-state index contributed by atoms with van der Waals surface area (Å²) >= 11 is 0. The standard InChI is InChI=1S/C9H9N.C2H6/c1-7-4-3-5-9(6-10)8(7)2;1-2/h3-5H,1-2H3;1-2H3. The summed E-state index contributed by atoms with van der Waals surface area (Å²) in [7, 11) is 0. The van der Waals surface area contributed by atoms with Gasteiger partial charge in [-0.3, -0.25) is 0 Å². The highest BCUT2D eigenvalue weighted by Gasteiger charge is 1.96. The summed E-state index contributed by atoms with van der Waals surface area (Å²) in [5, 5.41) is 8.59. The molecule has 0 atom stereocenters. The van der Waals surface area contributed by atoms with Crippen LogP contribution in [0.5, 0.6) is 0 Å².